The van der Waals surface area contributed by atoms with Crippen LogP contribution in [-0.4, -0.2) is 9.13 Å². The minimum Gasteiger partial charge on any atom is -0.307 e. The number of aryl methyl sites for hydroxylation is 2. The Bertz CT molecular complexity index is 2350. The van der Waals surface area contributed by atoms with Gasteiger partial charge in [-0.2, -0.15) is 0 Å². The Morgan fingerprint density at radius 1 is 0.389 bits per heavy atom. The van der Waals surface area contributed by atoms with Crippen molar-refractivity contribution < 1.29 is 0 Å². The maximum absolute atomic E-state index is 2.46. The fraction of sp³-hybridized carbons (Fsp3) is 0.192. The Hall–Kier alpha value is -5.86. The lowest BCUT2D eigenvalue weighted by atomic mass is 10.0. The highest BCUT2D eigenvalue weighted by atomic mass is 15.1. The van der Waals surface area contributed by atoms with E-state index in [0.717, 1.165) is 24.2 Å². The maximum Gasteiger partial charge on any atom is 0.0803 e. The summed E-state index contributed by atoms with van der Waals surface area (Å²) in [5, 5.41) is 2.47. The van der Waals surface area contributed by atoms with Crippen molar-refractivity contribution in [3.63, 3.8) is 0 Å². The van der Waals surface area contributed by atoms with Gasteiger partial charge in [-0.05, 0) is 95.5 Å². The largest absolute Gasteiger partial charge is 0.307 e. The molecule has 0 fully saturated rings. The monoisotopic (exact) mass is 702 g/mol. The molecule has 2 nitrogen and oxygen atoms in total. The average molecular weight is 703 g/mol. The molecule has 0 saturated carbocycles. The zero-order chi connectivity index (χ0) is 36.7. The van der Waals surface area contributed by atoms with Crippen LogP contribution in [-0.2, 0) is 12.8 Å². The first-order chi connectivity index (χ1) is 26.7. The van der Waals surface area contributed by atoms with Gasteiger partial charge in [-0.25, -0.2) is 0 Å². The van der Waals surface area contributed by atoms with Gasteiger partial charge in [-0.15, -0.1) is 0 Å². The van der Waals surface area contributed by atoms with Crippen molar-refractivity contribution in [3.05, 3.63) is 179 Å². The van der Waals surface area contributed by atoms with Crippen molar-refractivity contribution in [3.8, 4) is 11.4 Å². The molecule has 2 aromatic heterocycles. The molecule has 0 N–H and O–H groups in total. The zero-order valence-corrected chi connectivity index (χ0v) is 31.7. The molecule has 268 valence electrons. The lowest BCUT2D eigenvalue weighted by Gasteiger charge is -2.10. The van der Waals surface area contributed by atoms with Crippen molar-refractivity contribution in [2.75, 3.05) is 0 Å². The number of hydrogen-bond donors (Lipinski definition) is 0. The third-order valence-corrected chi connectivity index (χ3v) is 10.8. The molecule has 0 unspecified atom stereocenters. The quantitative estimate of drug-likeness (QED) is 0.0789. The van der Waals surface area contributed by atoms with Crippen molar-refractivity contribution >= 4 is 57.1 Å². The molecule has 0 aliphatic heterocycles. The fourth-order valence-electron chi connectivity index (χ4n) is 7.85. The first-order valence-corrected chi connectivity index (χ1v) is 20.0. The molecule has 0 spiro atoms. The number of benzene rings is 6. The zero-order valence-electron chi connectivity index (χ0n) is 31.7. The van der Waals surface area contributed by atoms with E-state index >= 15 is 0 Å². The van der Waals surface area contributed by atoms with E-state index in [1.165, 1.54) is 105 Å². The van der Waals surface area contributed by atoms with Crippen molar-refractivity contribution in [2.24, 2.45) is 0 Å². The summed E-state index contributed by atoms with van der Waals surface area (Å²) in [6.07, 6.45) is 18.9. The number of para-hydroxylation sites is 2. The average Bonchev–Trinajstić information content (AvgIpc) is 3.72. The molecule has 0 aliphatic rings. The van der Waals surface area contributed by atoms with E-state index in [0.29, 0.717) is 0 Å². The molecule has 0 atom stereocenters. The van der Waals surface area contributed by atoms with Crippen LogP contribution in [0.25, 0.3) is 68.5 Å². The molecule has 6 aromatic carbocycles. The molecule has 8 aromatic rings. The van der Waals surface area contributed by atoms with Gasteiger partial charge < -0.3 is 9.13 Å². The molecule has 0 amide bonds. The number of rotatable bonds is 14. The Morgan fingerprint density at radius 3 is 1.15 bits per heavy atom. The molecular formula is C52H50N2. The highest BCUT2D eigenvalue weighted by molar-refractivity contribution is 6.20. The number of aromatic nitrogens is 2. The normalized spacial score (nSPS) is 12.0. The predicted octanol–water partition coefficient (Wildman–Crippen LogP) is 14.5. The van der Waals surface area contributed by atoms with Gasteiger partial charge in [0.1, 0.15) is 0 Å². The topological polar surface area (TPSA) is 9.86 Å². The van der Waals surface area contributed by atoms with Crippen LogP contribution in [0.4, 0.5) is 0 Å². The minimum absolute atomic E-state index is 1.16. The Balaban J connectivity index is 1.22. The second-order valence-electron chi connectivity index (χ2n) is 14.7. The van der Waals surface area contributed by atoms with Crippen LogP contribution in [0.15, 0.2) is 146 Å². The molecule has 0 saturated heterocycles. The summed E-state index contributed by atoms with van der Waals surface area (Å²) in [7, 11) is 0. The first kappa shape index (κ1) is 35.2. The van der Waals surface area contributed by atoms with Crippen molar-refractivity contribution in [1.29, 1.82) is 0 Å². The molecule has 0 aliphatic carbocycles. The van der Waals surface area contributed by atoms with Gasteiger partial charge in [-0.3, -0.25) is 0 Å². The lowest BCUT2D eigenvalue weighted by molar-refractivity contribution is 0.717. The Labute approximate surface area is 320 Å². The van der Waals surface area contributed by atoms with Crippen LogP contribution in [0.1, 0.15) is 85.8 Å². The third-order valence-electron chi connectivity index (χ3n) is 10.8. The number of fused-ring (bicyclic) bond motifs is 5. The van der Waals surface area contributed by atoms with E-state index in [1.807, 2.05) is 0 Å². The standard InChI is InChI=1S/C52H50N2/c1-3-5-9-15-39-21-25-41(26-22-39)29-31-43-33-35-47-49(37-43)53(45-17-11-7-12-18-45)52-48-36-34-44(32-30-42-27-23-40(24-28-42)16-10-6-4-2)38-50(48)54(51(47)52)46-19-13-8-14-20-46/h7-8,11-14,17-38H,3-6,9-10,15-16H2,1-2H3/b31-29+,32-30+. The molecule has 2 heteroatoms. The lowest BCUT2D eigenvalue weighted by Crippen LogP contribution is -1.94. The van der Waals surface area contributed by atoms with Gasteiger partial charge in [0.15, 0.2) is 0 Å². The van der Waals surface area contributed by atoms with E-state index in [2.05, 4.69) is 193 Å². The van der Waals surface area contributed by atoms with Gasteiger partial charge in [0.2, 0.25) is 0 Å². The SMILES string of the molecule is CCCCCc1ccc(/C=C/c2ccc3c(c2)n(-c2ccccc2)c2c4ccc(/C=C/c5ccc(CCCCC)cc5)cc4n(-c4ccccc4)c32)cc1. The molecule has 2 heterocycles. The summed E-state index contributed by atoms with van der Waals surface area (Å²) < 4.78 is 4.93. The van der Waals surface area contributed by atoms with Crippen molar-refractivity contribution in [1.82, 2.24) is 9.13 Å². The molecular weight excluding hydrogens is 653 g/mol. The maximum atomic E-state index is 2.46. The summed E-state index contributed by atoms with van der Waals surface area (Å²) in [5.41, 5.74) is 14.8. The second-order valence-corrected chi connectivity index (χ2v) is 14.7. The fourth-order valence-corrected chi connectivity index (χ4v) is 7.85. The number of nitrogens with zero attached hydrogens (tertiary/aromatic N) is 2. The van der Waals surface area contributed by atoms with Gasteiger partial charge in [0.25, 0.3) is 0 Å². The van der Waals surface area contributed by atoms with Gasteiger partial charge in [0.05, 0.1) is 22.1 Å². The molecule has 54 heavy (non-hydrogen) atoms. The second kappa shape index (κ2) is 16.4. The van der Waals surface area contributed by atoms with Crippen LogP contribution >= 0.6 is 0 Å². The predicted molar refractivity (Wildman–Crippen MR) is 235 cm³/mol. The third kappa shape index (κ3) is 7.48. The number of hydrogen-bond acceptors (Lipinski definition) is 0. The summed E-state index contributed by atoms with van der Waals surface area (Å²) in [6.45, 7) is 4.52. The van der Waals surface area contributed by atoms with E-state index < -0.39 is 0 Å². The highest BCUT2D eigenvalue weighted by Gasteiger charge is 2.22. The highest BCUT2D eigenvalue weighted by Crippen LogP contribution is 2.41. The molecule has 0 bridgehead atoms. The van der Waals surface area contributed by atoms with Gasteiger partial charge >= 0.3 is 0 Å². The van der Waals surface area contributed by atoms with Crippen LogP contribution in [0.5, 0.6) is 0 Å². The van der Waals surface area contributed by atoms with Crippen LogP contribution in [0.2, 0.25) is 0 Å². The van der Waals surface area contributed by atoms with E-state index in [9.17, 15) is 0 Å². The summed E-state index contributed by atoms with van der Waals surface area (Å²) in [6, 6.07) is 53.7. The summed E-state index contributed by atoms with van der Waals surface area (Å²) in [5.74, 6) is 0. The van der Waals surface area contributed by atoms with Crippen LogP contribution < -0.4 is 0 Å². The Kier molecular flexibility index (Phi) is 10.7. The Morgan fingerprint density at radius 2 is 0.759 bits per heavy atom. The van der Waals surface area contributed by atoms with Crippen LogP contribution in [0, 0.1) is 0 Å². The van der Waals surface area contributed by atoms with Crippen molar-refractivity contribution in [2.45, 2.75) is 65.2 Å². The van der Waals surface area contributed by atoms with E-state index in [-0.39, 0.29) is 0 Å². The molecule has 0 radical (unpaired) electrons. The summed E-state index contributed by atoms with van der Waals surface area (Å²) in [4.78, 5) is 0. The smallest absolute Gasteiger partial charge is 0.0803 e. The number of unbranched alkanes of at least 4 members (excludes halogenated alkanes) is 4. The minimum atomic E-state index is 1.16. The van der Waals surface area contributed by atoms with Crippen LogP contribution in [0.3, 0.4) is 0 Å². The van der Waals surface area contributed by atoms with E-state index in [1.54, 1.807) is 0 Å². The van der Waals surface area contributed by atoms with Gasteiger partial charge in [-0.1, -0.05) is 173 Å². The van der Waals surface area contributed by atoms with Gasteiger partial charge in [0, 0.05) is 22.1 Å². The summed E-state index contributed by atoms with van der Waals surface area (Å²) >= 11 is 0. The first-order valence-electron chi connectivity index (χ1n) is 20.0. The van der Waals surface area contributed by atoms with E-state index in [4.69, 9.17) is 0 Å². The molecule has 8 rings (SSSR count).